The molecule has 4 aromatic rings. The molecule has 1 amide bonds. The van der Waals surface area contributed by atoms with Crippen LogP contribution in [0.2, 0.25) is 0 Å². The van der Waals surface area contributed by atoms with Crippen molar-refractivity contribution in [1.29, 1.82) is 0 Å². The van der Waals surface area contributed by atoms with Gasteiger partial charge in [-0.15, -0.1) is 0 Å². The fourth-order valence-electron chi connectivity index (χ4n) is 5.67. The molecular weight excluding hydrogens is 462 g/mol. The van der Waals surface area contributed by atoms with Gasteiger partial charge < -0.3 is 25.0 Å². The first kappa shape index (κ1) is 23.5. The van der Waals surface area contributed by atoms with Crippen LogP contribution >= 0.6 is 0 Å². The summed E-state index contributed by atoms with van der Waals surface area (Å²) >= 11 is 0. The second kappa shape index (κ2) is 9.19. The van der Waals surface area contributed by atoms with Crippen molar-refractivity contribution in [3.8, 4) is 22.4 Å². The molecule has 0 unspecified atom stereocenters. The third-order valence-corrected chi connectivity index (χ3v) is 7.59. The number of fused-ring (bicyclic) bond motifs is 4. The van der Waals surface area contributed by atoms with Gasteiger partial charge in [0.15, 0.2) is 5.65 Å². The van der Waals surface area contributed by atoms with E-state index in [9.17, 15) is 4.79 Å². The maximum atomic E-state index is 12.3. The zero-order chi connectivity index (χ0) is 25.7. The second-order valence-electron chi connectivity index (χ2n) is 10.4. The number of carbonyl (C=O) groups is 1. The van der Waals surface area contributed by atoms with E-state index in [1.165, 1.54) is 16.9 Å². The minimum Gasteiger partial charge on any atom is -0.383 e. The van der Waals surface area contributed by atoms with Crippen molar-refractivity contribution in [2.75, 3.05) is 57.5 Å². The lowest BCUT2D eigenvalue weighted by atomic mass is 10.0. The molecule has 1 saturated heterocycles. The van der Waals surface area contributed by atoms with Gasteiger partial charge in [-0.2, -0.15) is 0 Å². The monoisotopic (exact) mass is 495 g/mol. The van der Waals surface area contributed by atoms with Gasteiger partial charge in [-0.1, -0.05) is 12.1 Å². The van der Waals surface area contributed by atoms with Crippen molar-refractivity contribution in [2.45, 2.75) is 19.4 Å². The lowest BCUT2D eigenvalue weighted by molar-refractivity contribution is 0.0827. The van der Waals surface area contributed by atoms with Gasteiger partial charge in [-0.25, -0.2) is 9.97 Å². The number of H-pyrrole nitrogens is 1. The fraction of sp³-hybridized carbons (Fsp3) is 0.345. The Morgan fingerprint density at radius 2 is 1.92 bits per heavy atom. The number of aromatic nitrogens is 3. The van der Waals surface area contributed by atoms with Crippen molar-refractivity contribution in [2.24, 2.45) is 0 Å². The molecule has 6 rings (SSSR count). The SMILES string of the molecule is Cc1cc(-c2cnc3[nH]cc(-c4ccc(C(=O)N(C)C)cc4)c3n2)cc2c1N1CCN(C)C[C@H]1CCN2. The van der Waals surface area contributed by atoms with Crippen molar-refractivity contribution in [1.82, 2.24) is 24.8 Å². The molecule has 0 aliphatic carbocycles. The van der Waals surface area contributed by atoms with Crippen LogP contribution in [-0.4, -0.2) is 84.0 Å². The lowest BCUT2D eigenvalue weighted by Crippen LogP contribution is -2.52. The molecule has 2 N–H and O–H groups in total. The van der Waals surface area contributed by atoms with Gasteiger partial charge in [-0.05, 0) is 55.8 Å². The van der Waals surface area contributed by atoms with Crippen LogP contribution in [0.15, 0.2) is 48.8 Å². The Morgan fingerprint density at radius 3 is 2.70 bits per heavy atom. The van der Waals surface area contributed by atoms with Crippen molar-refractivity contribution in [3.05, 3.63) is 59.9 Å². The molecule has 1 atom stereocenters. The highest BCUT2D eigenvalue weighted by molar-refractivity contribution is 5.96. The van der Waals surface area contributed by atoms with E-state index < -0.39 is 0 Å². The van der Waals surface area contributed by atoms with Crippen LogP contribution in [0.25, 0.3) is 33.5 Å². The number of hydrogen-bond acceptors (Lipinski definition) is 6. The van der Waals surface area contributed by atoms with Gasteiger partial charge in [0.2, 0.25) is 0 Å². The Bertz CT molecular complexity index is 1470. The average molecular weight is 496 g/mol. The lowest BCUT2D eigenvalue weighted by Gasteiger charge is -2.41. The molecule has 2 aliphatic heterocycles. The van der Waals surface area contributed by atoms with E-state index >= 15 is 0 Å². The number of carbonyl (C=O) groups excluding carboxylic acids is 1. The van der Waals surface area contributed by atoms with E-state index in [0.29, 0.717) is 11.6 Å². The van der Waals surface area contributed by atoms with Crippen molar-refractivity contribution >= 4 is 28.4 Å². The first-order chi connectivity index (χ1) is 17.9. The molecule has 8 nitrogen and oxygen atoms in total. The molecule has 2 aromatic carbocycles. The number of amides is 1. The largest absolute Gasteiger partial charge is 0.383 e. The number of rotatable bonds is 3. The van der Waals surface area contributed by atoms with Crippen LogP contribution in [0.5, 0.6) is 0 Å². The summed E-state index contributed by atoms with van der Waals surface area (Å²) < 4.78 is 0. The summed E-state index contributed by atoms with van der Waals surface area (Å²) in [5.74, 6) is -0.0114. The van der Waals surface area contributed by atoms with Gasteiger partial charge >= 0.3 is 0 Å². The van der Waals surface area contributed by atoms with Crippen LogP contribution in [0.1, 0.15) is 22.3 Å². The van der Waals surface area contributed by atoms with E-state index in [1.54, 1.807) is 19.0 Å². The number of aromatic amines is 1. The Hall–Kier alpha value is -3.91. The Kier molecular flexibility index (Phi) is 5.83. The quantitative estimate of drug-likeness (QED) is 0.443. The van der Waals surface area contributed by atoms with Gasteiger partial charge in [0.05, 0.1) is 23.3 Å². The first-order valence-corrected chi connectivity index (χ1v) is 12.9. The molecular formula is C29H33N7O. The number of nitrogens with zero attached hydrogens (tertiary/aromatic N) is 5. The molecule has 8 heteroatoms. The van der Waals surface area contributed by atoms with E-state index in [4.69, 9.17) is 9.97 Å². The number of nitrogens with one attached hydrogen (secondary N) is 2. The summed E-state index contributed by atoms with van der Waals surface area (Å²) in [5.41, 5.74) is 9.87. The second-order valence-corrected chi connectivity index (χ2v) is 10.4. The maximum Gasteiger partial charge on any atom is 0.253 e. The summed E-state index contributed by atoms with van der Waals surface area (Å²) in [6, 6.07) is 12.7. The number of anilines is 2. The smallest absolute Gasteiger partial charge is 0.253 e. The minimum absolute atomic E-state index is 0.0114. The molecule has 4 heterocycles. The van der Waals surface area contributed by atoms with Crippen LogP contribution in [0, 0.1) is 6.92 Å². The van der Waals surface area contributed by atoms with Crippen LogP contribution in [0.3, 0.4) is 0 Å². The van der Waals surface area contributed by atoms with E-state index in [0.717, 1.165) is 66.1 Å². The van der Waals surface area contributed by atoms with Crippen molar-refractivity contribution < 1.29 is 4.79 Å². The molecule has 37 heavy (non-hydrogen) atoms. The van der Waals surface area contributed by atoms with E-state index in [1.807, 2.05) is 36.7 Å². The zero-order valence-electron chi connectivity index (χ0n) is 21.9. The van der Waals surface area contributed by atoms with Crippen LogP contribution in [0.4, 0.5) is 11.4 Å². The predicted molar refractivity (Wildman–Crippen MR) is 149 cm³/mol. The molecule has 0 spiro atoms. The third kappa shape index (κ3) is 4.21. The topological polar surface area (TPSA) is 80.4 Å². The standard InChI is InChI=1S/C29H33N7O/c1-18-13-21(14-24-27(18)36-12-11-35(4)17-22(36)9-10-30-24)25-16-32-28-26(33-25)23(15-31-28)19-5-7-20(8-6-19)29(37)34(2)3/h5-8,13-16,22,30H,9-12,17H2,1-4H3,(H,31,32)/t22-/m1/s1. The highest BCUT2D eigenvalue weighted by Gasteiger charge is 2.30. The number of aryl methyl sites for hydroxylation is 1. The first-order valence-electron chi connectivity index (χ1n) is 12.9. The average Bonchev–Trinajstić information content (AvgIpc) is 3.23. The highest BCUT2D eigenvalue weighted by Crippen LogP contribution is 2.39. The van der Waals surface area contributed by atoms with Gasteiger partial charge in [0.25, 0.3) is 5.91 Å². The normalized spacial score (nSPS) is 17.6. The number of likely N-dealkylation sites (N-methyl/N-ethyl adjacent to an activating group) is 1. The Morgan fingerprint density at radius 1 is 1.11 bits per heavy atom. The predicted octanol–water partition coefficient (Wildman–Crippen LogP) is 4.24. The fourth-order valence-corrected chi connectivity index (χ4v) is 5.67. The summed E-state index contributed by atoms with van der Waals surface area (Å²) in [5, 5.41) is 3.69. The number of piperazine rings is 1. The molecule has 2 aliphatic rings. The highest BCUT2D eigenvalue weighted by atomic mass is 16.2. The molecule has 0 saturated carbocycles. The summed E-state index contributed by atoms with van der Waals surface area (Å²) in [7, 11) is 5.74. The summed E-state index contributed by atoms with van der Waals surface area (Å²) in [6.07, 6.45) is 4.91. The number of benzene rings is 2. The summed E-state index contributed by atoms with van der Waals surface area (Å²) in [4.78, 5) is 31.9. The summed E-state index contributed by atoms with van der Waals surface area (Å²) in [6.45, 7) is 6.40. The van der Waals surface area contributed by atoms with Crippen LogP contribution in [-0.2, 0) is 0 Å². The Labute approximate surface area is 217 Å². The van der Waals surface area contributed by atoms with Crippen molar-refractivity contribution in [3.63, 3.8) is 0 Å². The molecule has 0 bridgehead atoms. The molecule has 190 valence electrons. The molecule has 0 radical (unpaired) electrons. The number of hydrogen-bond donors (Lipinski definition) is 2. The minimum atomic E-state index is -0.0114. The molecule has 2 aromatic heterocycles. The maximum absolute atomic E-state index is 12.3. The zero-order valence-corrected chi connectivity index (χ0v) is 21.9. The van der Waals surface area contributed by atoms with Gasteiger partial charge in [-0.3, -0.25) is 4.79 Å². The van der Waals surface area contributed by atoms with E-state index in [2.05, 4.69) is 46.2 Å². The van der Waals surface area contributed by atoms with Gasteiger partial charge in [0.1, 0.15) is 5.52 Å². The Balaban J connectivity index is 1.37. The van der Waals surface area contributed by atoms with Gasteiger partial charge in [0, 0.05) is 69.2 Å². The third-order valence-electron chi connectivity index (χ3n) is 7.59. The molecule has 1 fully saturated rings. The van der Waals surface area contributed by atoms with Crippen LogP contribution < -0.4 is 10.2 Å². The van der Waals surface area contributed by atoms with E-state index in [-0.39, 0.29) is 5.91 Å².